The first-order valence-electron chi connectivity index (χ1n) is 6.92. The average Bonchev–Trinajstić information content (AvgIpc) is 2.72. The lowest BCUT2D eigenvalue weighted by Crippen LogP contribution is -2.16. The summed E-state index contributed by atoms with van der Waals surface area (Å²) in [7, 11) is 0. The van der Waals surface area contributed by atoms with E-state index in [9.17, 15) is 4.79 Å². The molecule has 0 spiro atoms. The summed E-state index contributed by atoms with van der Waals surface area (Å²) in [5.41, 5.74) is 0.536. The highest BCUT2D eigenvalue weighted by Gasteiger charge is 2.20. The molecule has 102 valence electrons. The van der Waals surface area contributed by atoms with Crippen LogP contribution in [0.1, 0.15) is 48.9 Å². The van der Waals surface area contributed by atoms with Crippen LogP contribution in [0.5, 0.6) is 17.2 Å². The average molecular weight is 262 g/mol. The molecule has 4 nitrogen and oxygen atoms in total. The SMILES string of the molecule is O=Cc1cc2c(cc1OC1CCCCCC1)OCO2. The third-order valence-corrected chi connectivity index (χ3v) is 3.73. The fourth-order valence-corrected chi connectivity index (χ4v) is 2.67. The van der Waals surface area contributed by atoms with Gasteiger partial charge in [0.05, 0.1) is 11.7 Å². The van der Waals surface area contributed by atoms with Crippen LogP contribution in [-0.2, 0) is 0 Å². The largest absolute Gasteiger partial charge is 0.490 e. The molecule has 1 aliphatic heterocycles. The van der Waals surface area contributed by atoms with Gasteiger partial charge in [-0.2, -0.15) is 0 Å². The zero-order chi connectivity index (χ0) is 13.1. The Morgan fingerprint density at radius 2 is 1.74 bits per heavy atom. The number of rotatable bonds is 3. The lowest BCUT2D eigenvalue weighted by molar-refractivity contribution is 0.111. The second kappa shape index (κ2) is 5.51. The number of ether oxygens (including phenoxy) is 3. The quantitative estimate of drug-likeness (QED) is 0.619. The van der Waals surface area contributed by atoms with Crippen molar-refractivity contribution in [1.29, 1.82) is 0 Å². The highest BCUT2D eigenvalue weighted by Crippen LogP contribution is 2.38. The molecule has 1 aromatic rings. The van der Waals surface area contributed by atoms with Crippen LogP contribution < -0.4 is 14.2 Å². The fraction of sp³-hybridized carbons (Fsp3) is 0.533. The van der Waals surface area contributed by atoms with Crippen molar-refractivity contribution in [3.63, 3.8) is 0 Å². The lowest BCUT2D eigenvalue weighted by atomic mass is 10.1. The molecule has 0 aromatic heterocycles. The molecule has 19 heavy (non-hydrogen) atoms. The van der Waals surface area contributed by atoms with Crippen molar-refractivity contribution >= 4 is 6.29 Å². The first kappa shape index (κ1) is 12.3. The Morgan fingerprint density at radius 1 is 1.05 bits per heavy atom. The molecule has 1 aliphatic carbocycles. The van der Waals surface area contributed by atoms with Crippen LogP contribution in [0.4, 0.5) is 0 Å². The third-order valence-electron chi connectivity index (χ3n) is 3.73. The van der Waals surface area contributed by atoms with Crippen molar-refractivity contribution in [2.45, 2.75) is 44.6 Å². The molecule has 1 saturated carbocycles. The van der Waals surface area contributed by atoms with E-state index in [4.69, 9.17) is 14.2 Å². The monoisotopic (exact) mass is 262 g/mol. The fourth-order valence-electron chi connectivity index (χ4n) is 2.67. The minimum absolute atomic E-state index is 0.209. The number of hydrogen-bond acceptors (Lipinski definition) is 4. The van der Waals surface area contributed by atoms with Gasteiger partial charge >= 0.3 is 0 Å². The number of benzene rings is 1. The second-order valence-electron chi connectivity index (χ2n) is 5.09. The molecular weight excluding hydrogens is 244 g/mol. The van der Waals surface area contributed by atoms with Gasteiger partial charge in [0.25, 0.3) is 0 Å². The molecule has 0 amide bonds. The minimum Gasteiger partial charge on any atom is -0.490 e. The van der Waals surface area contributed by atoms with Gasteiger partial charge in [0, 0.05) is 6.07 Å². The molecule has 0 saturated heterocycles. The Labute approximate surface area is 112 Å². The predicted octanol–water partition coefficient (Wildman–Crippen LogP) is 3.33. The Kier molecular flexibility index (Phi) is 3.58. The van der Waals surface area contributed by atoms with Gasteiger partial charge in [0.15, 0.2) is 17.8 Å². The molecule has 0 atom stereocenters. The maximum absolute atomic E-state index is 11.2. The minimum atomic E-state index is 0.209. The van der Waals surface area contributed by atoms with Crippen LogP contribution in [0, 0.1) is 0 Å². The summed E-state index contributed by atoms with van der Waals surface area (Å²) in [5, 5.41) is 0. The zero-order valence-electron chi connectivity index (χ0n) is 10.9. The Hall–Kier alpha value is -1.71. The van der Waals surface area contributed by atoms with Gasteiger partial charge < -0.3 is 14.2 Å². The van der Waals surface area contributed by atoms with Crippen molar-refractivity contribution in [3.8, 4) is 17.2 Å². The number of fused-ring (bicyclic) bond motifs is 1. The highest BCUT2D eigenvalue weighted by atomic mass is 16.7. The number of hydrogen-bond donors (Lipinski definition) is 0. The molecule has 2 aliphatic rings. The maximum atomic E-state index is 11.2. The van der Waals surface area contributed by atoms with Gasteiger partial charge in [-0.05, 0) is 31.7 Å². The Bertz CT molecular complexity index is 461. The second-order valence-corrected chi connectivity index (χ2v) is 5.09. The van der Waals surface area contributed by atoms with Gasteiger partial charge in [0.2, 0.25) is 6.79 Å². The van der Waals surface area contributed by atoms with E-state index < -0.39 is 0 Å². The molecule has 3 rings (SSSR count). The highest BCUT2D eigenvalue weighted by molar-refractivity contribution is 5.81. The van der Waals surface area contributed by atoms with E-state index in [-0.39, 0.29) is 12.9 Å². The number of carbonyl (C=O) groups is 1. The van der Waals surface area contributed by atoms with E-state index in [0.717, 1.165) is 19.1 Å². The molecule has 1 heterocycles. The standard InChI is InChI=1S/C15H18O4/c16-9-11-7-14-15(18-10-17-14)8-13(11)19-12-5-3-1-2-4-6-12/h7-9,12H,1-6,10H2. The summed E-state index contributed by atoms with van der Waals surface area (Å²) in [6.07, 6.45) is 8.11. The first-order valence-corrected chi connectivity index (χ1v) is 6.92. The maximum Gasteiger partial charge on any atom is 0.231 e. The molecule has 1 fully saturated rings. The summed E-state index contributed by atoms with van der Waals surface area (Å²) in [5.74, 6) is 1.90. The zero-order valence-corrected chi connectivity index (χ0v) is 10.9. The molecule has 1 aromatic carbocycles. The molecule has 0 N–H and O–H groups in total. The summed E-state index contributed by atoms with van der Waals surface area (Å²) in [4.78, 5) is 11.2. The normalized spacial score (nSPS) is 18.9. The summed E-state index contributed by atoms with van der Waals surface area (Å²) in [6.45, 7) is 0.209. The van der Waals surface area contributed by atoms with E-state index in [1.54, 1.807) is 12.1 Å². The lowest BCUT2D eigenvalue weighted by Gasteiger charge is -2.18. The van der Waals surface area contributed by atoms with Crippen molar-refractivity contribution in [2.75, 3.05) is 6.79 Å². The van der Waals surface area contributed by atoms with E-state index in [1.165, 1.54) is 25.7 Å². The van der Waals surface area contributed by atoms with Crippen LogP contribution in [0.15, 0.2) is 12.1 Å². The molecule has 0 unspecified atom stereocenters. The first-order chi connectivity index (χ1) is 9.36. The third kappa shape index (κ3) is 2.67. The smallest absolute Gasteiger partial charge is 0.231 e. The molecule has 0 radical (unpaired) electrons. The van der Waals surface area contributed by atoms with Crippen LogP contribution in [-0.4, -0.2) is 19.2 Å². The van der Waals surface area contributed by atoms with E-state index in [0.29, 0.717) is 22.8 Å². The van der Waals surface area contributed by atoms with Crippen LogP contribution in [0.25, 0.3) is 0 Å². The topological polar surface area (TPSA) is 44.8 Å². The van der Waals surface area contributed by atoms with Gasteiger partial charge in [-0.15, -0.1) is 0 Å². The van der Waals surface area contributed by atoms with E-state index in [2.05, 4.69) is 0 Å². The summed E-state index contributed by atoms with van der Waals surface area (Å²) in [6, 6.07) is 3.47. The van der Waals surface area contributed by atoms with Gasteiger partial charge in [-0.25, -0.2) is 0 Å². The summed E-state index contributed by atoms with van der Waals surface area (Å²) >= 11 is 0. The number of aldehydes is 1. The van der Waals surface area contributed by atoms with Gasteiger partial charge in [-0.1, -0.05) is 12.8 Å². The van der Waals surface area contributed by atoms with E-state index >= 15 is 0 Å². The Balaban J connectivity index is 1.80. The van der Waals surface area contributed by atoms with Crippen molar-refractivity contribution in [3.05, 3.63) is 17.7 Å². The van der Waals surface area contributed by atoms with Crippen molar-refractivity contribution < 1.29 is 19.0 Å². The predicted molar refractivity (Wildman–Crippen MR) is 70.1 cm³/mol. The Morgan fingerprint density at radius 3 is 2.42 bits per heavy atom. The van der Waals surface area contributed by atoms with Crippen LogP contribution >= 0.6 is 0 Å². The van der Waals surface area contributed by atoms with Crippen LogP contribution in [0.2, 0.25) is 0 Å². The van der Waals surface area contributed by atoms with Gasteiger partial charge in [-0.3, -0.25) is 4.79 Å². The molecule has 0 bridgehead atoms. The van der Waals surface area contributed by atoms with Crippen molar-refractivity contribution in [1.82, 2.24) is 0 Å². The van der Waals surface area contributed by atoms with Crippen molar-refractivity contribution in [2.24, 2.45) is 0 Å². The van der Waals surface area contributed by atoms with Gasteiger partial charge in [0.1, 0.15) is 5.75 Å². The molecular formula is C15H18O4. The van der Waals surface area contributed by atoms with E-state index in [1.807, 2.05) is 0 Å². The number of carbonyl (C=O) groups excluding carboxylic acids is 1. The molecule has 4 heteroatoms. The summed E-state index contributed by atoms with van der Waals surface area (Å²) < 4.78 is 16.6. The van der Waals surface area contributed by atoms with Crippen LogP contribution in [0.3, 0.4) is 0 Å².